The summed E-state index contributed by atoms with van der Waals surface area (Å²) in [5, 5.41) is 3.33. The monoisotopic (exact) mass is 329 g/mol. The zero-order chi connectivity index (χ0) is 16.8. The molecule has 0 aliphatic carbocycles. The van der Waals surface area contributed by atoms with Crippen molar-refractivity contribution in [2.75, 3.05) is 19.7 Å². The first-order valence-corrected chi connectivity index (χ1v) is 8.60. The molecule has 0 aromatic heterocycles. The van der Waals surface area contributed by atoms with Crippen molar-refractivity contribution in [1.29, 1.82) is 0 Å². The summed E-state index contributed by atoms with van der Waals surface area (Å²) < 4.78 is 26.0. The van der Waals surface area contributed by atoms with Crippen molar-refractivity contribution in [3.05, 3.63) is 65.5 Å². The van der Waals surface area contributed by atoms with Crippen molar-refractivity contribution in [3.8, 4) is 5.75 Å². The van der Waals surface area contributed by atoms with Gasteiger partial charge < -0.3 is 14.8 Å². The van der Waals surface area contributed by atoms with E-state index in [1.807, 2.05) is 24.3 Å². The highest BCUT2D eigenvalue weighted by Gasteiger charge is 2.28. The van der Waals surface area contributed by atoms with Crippen LogP contribution in [0.2, 0.25) is 0 Å². The Kier molecular flexibility index (Phi) is 5.83. The number of hydrogen-bond donors (Lipinski definition) is 1. The summed E-state index contributed by atoms with van der Waals surface area (Å²) in [6.45, 7) is 4.31. The van der Waals surface area contributed by atoms with E-state index in [1.165, 1.54) is 17.7 Å². The van der Waals surface area contributed by atoms with Gasteiger partial charge in [-0.25, -0.2) is 4.39 Å². The first kappa shape index (κ1) is 16.9. The molecule has 1 aliphatic heterocycles. The molecule has 0 bridgehead atoms. The predicted molar refractivity (Wildman–Crippen MR) is 92.8 cm³/mol. The molecule has 4 heteroatoms. The van der Waals surface area contributed by atoms with Crippen molar-refractivity contribution in [2.24, 2.45) is 0 Å². The summed E-state index contributed by atoms with van der Waals surface area (Å²) in [6.07, 6.45) is 1.52. The van der Waals surface area contributed by atoms with Crippen LogP contribution in [0.5, 0.6) is 5.75 Å². The smallest absolute Gasteiger partial charge is 0.151 e. The number of morpholine rings is 1. The molecule has 2 atom stereocenters. The number of nitrogens with one attached hydrogen (secondary N) is 1. The molecule has 1 heterocycles. The summed E-state index contributed by atoms with van der Waals surface area (Å²) >= 11 is 0. The molecule has 2 aromatic rings. The lowest BCUT2D eigenvalue weighted by molar-refractivity contribution is -0.0435. The minimum Gasteiger partial charge on any atom is -0.483 e. The Balaban J connectivity index is 1.90. The average Bonchev–Trinajstić information content (AvgIpc) is 2.62. The molecule has 3 nitrogen and oxygen atoms in total. The van der Waals surface area contributed by atoms with Crippen molar-refractivity contribution in [2.45, 2.75) is 32.0 Å². The predicted octanol–water partition coefficient (Wildman–Crippen LogP) is 3.89. The first-order chi connectivity index (χ1) is 11.8. The van der Waals surface area contributed by atoms with E-state index in [9.17, 15) is 4.39 Å². The van der Waals surface area contributed by atoms with Crippen LogP contribution >= 0.6 is 0 Å². The van der Waals surface area contributed by atoms with E-state index in [2.05, 4.69) is 18.3 Å². The second kappa shape index (κ2) is 8.27. The summed E-state index contributed by atoms with van der Waals surface area (Å²) in [5.74, 6) is 0.592. The molecule has 24 heavy (non-hydrogen) atoms. The van der Waals surface area contributed by atoms with Gasteiger partial charge >= 0.3 is 0 Å². The van der Waals surface area contributed by atoms with E-state index in [0.717, 1.165) is 30.7 Å². The number of hydrogen-bond acceptors (Lipinski definition) is 3. The molecule has 1 N–H and O–H groups in total. The third-order valence-corrected chi connectivity index (χ3v) is 4.22. The average molecular weight is 329 g/mol. The van der Waals surface area contributed by atoms with Crippen molar-refractivity contribution < 1.29 is 13.9 Å². The Morgan fingerprint density at radius 3 is 2.88 bits per heavy atom. The van der Waals surface area contributed by atoms with Gasteiger partial charge in [0.2, 0.25) is 0 Å². The Morgan fingerprint density at radius 1 is 1.25 bits per heavy atom. The largest absolute Gasteiger partial charge is 0.483 e. The third kappa shape index (κ3) is 4.13. The summed E-state index contributed by atoms with van der Waals surface area (Å²) in [7, 11) is 0. The fourth-order valence-corrected chi connectivity index (χ4v) is 3.05. The van der Waals surface area contributed by atoms with Gasteiger partial charge in [0.05, 0.1) is 6.61 Å². The molecule has 1 saturated heterocycles. The Labute approximate surface area is 142 Å². The molecular formula is C20H24FNO2. The van der Waals surface area contributed by atoms with Crippen LogP contribution < -0.4 is 10.1 Å². The quantitative estimate of drug-likeness (QED) is 0.872. The molecule has 128 valence electrons. The second-order valence-electron chi connectivity index (χ2n) is 6.06. The highest BCUT2D eigenvalue weighted by molar-refractivity contribution is 5.34. The molecule has 1 aliphatic rings. The van der Waals surface area contributed by atoms with Crippen LogP contribution in [-0.4, -0.2) is 25.8 Å². The van der Waals surface area contributed by atoms with Crippen LogP contribution in [0.4, 0.5) is 4.39 Å². The summed E-state index contributed by atoms with van der Waals surface area (Å²) in [5.41, 5.74) is 1.97. The molecule has 0 saturated carbocycles. The van der Waals surface area contributed by atoms with Crippen molar-refractivity contribution in [1.82, 2.24) is 5.32 Å². The van der Waals surface area contributed by atoms with Crippen LogP contribution in [0.1, 0.15) is 30.6 Å². The highest BCUT2D eigenvalue weighted by Crippen LogP contribution is 2.30. The fourth-order valence-electron chi connectivity index (χ4n) is 3.05. The number of rotatable bonds is 6. The van der Waals surface area contributed by atoms with Crippen LogP contribution in [-0.2, 0) is 11.2 Å². The number of para-hydroxylation sites is 1. The molecular weight excluding hydrogens is 305 g/mol. The van der Waals surface area contributed by atoms with E-state index in [1.54, 1.807) is 6.07 Å². The van der Waals surface area contributed by atoms with E-state index in [4.69, 9.17) is 9.47 Å². The Bertz CT molecular complexity index is 656. The number of ether oxygens (including phenoxy) is 2. The molecule has 2 aromatic carbocycles. The normalized spacial score (nSPS) is 19.0. The molecule has 0 amide bonds. The second-order valence-corrected chi connectivity index (χ2v) is 6.06. The number of aryl methyl sites for hydroxylation is 1. The van der Waals surface area contributed by atoms with Crippen LogP contribution in [0.15, 0.2) is 48.5 Å². The van der Waals surface area contributed by atoms with Crippen LogP contribution in [0.25, 0.3) is 0 Å². The van der Waals surface area contributed by atoms with Gasteiger partial charge in [0.15, 0.2) is 6.10 Å². The summed E-state index contributed by atoms with van der Waals surface area (Å²) in [6, 6.07) is 14.7. The van der Waals surface area contributed by atoms with E-state index in [0.29, 0.717) is 13.2 Å². The fraction of sp³-hybridized carbons (Fsp3) is 0.400. The van der Waals surface area contributed by atoms with Crippen LogP contribution in [0, 0.1) is 5.82 Å². The maximum atomic E-state index is 13.7. The van der Waals surface area contributed by atoms with E-state index in [-0.39, 0.29) is 18.0 Å². The number of halogens is 1. The standard InChI is InChI=1S/C20H24FNO2/c1-2-6-15-7-3-4-10-18(15)24-20(19-14-22-11-12-23-19)16-8-5-9-17(21)13-16/h3-5,7-10,13,19-20,22H,2,6,11-12,14H2,1H3/t19?,20-/m0/s1. The van der Waals surface area contributed by atoms with Crippen LogP contribution in [0.3, 0.4) is 0 Å². The van der Waals surface area contributed by atoms with Gasteiger partial charge in [-0.15, -0.1) is 0 Å². The highest BCUT2D eigenvalue weighted by atomic mass is 19.1. The third-order valence-electron chi connectivity index (χ3n) is 4.22. The Hall–Kier alpha value is -1.91. The zero-order valence-electron chi connectivity index (χ0n) is 14.0. The van der Waals surface area contributed by atoms with Gasteiger partial charge in [-0.3, -0.25) is 0 Å². The molecule has 1 fully saturated rings. The van der Waals surface area contributed by atoms with Gasteiger partial charge in [0.25, 0.3) is 0 Å². The maximum absolute atomic E-state index is 13.7. The number of benzene rings is 2. The lowest BCUT2D eigenvalue weighted by Gasteiger charge is -2.32. The van der Waals surface area contributed by atoms with Gasteiger partial charge in [-0.2, -0.15) is 0 Å². The summed E-state index contributed by atoms with van der Waals surface area (Å²) in [4.78, 5) is 0. The Morgan fingerprint density at radius 2 is 2.12 bits per heavy atom. The van der Waals surface area contributed by atoms with E-state index >= 15 is 0 Å². The molecule has 3 rings (SSSR count). The van der Waals surface area contributed by atoms with Crippen molar-refractivity contribution >= 4 is 0 Å². The lowest BCUT2D eigenvalue weighted by atomic mass is 10.0. The minimum atomic E-state index is -0.341. The molecule has 0 spiro atoms. The van der Waals surface area contributed by atoms with Gasteiger partial charge in [-0.05, 0) is 35.7 Å². The van der Waals surface area contributed by atoms with Crippen molar-refractivity contribution in [3.63, 3.8) is 0 Å². The van der Waals surface area contributed by atoms with Gasteiger partial charge in [0.1, 0.15) is 17.7 Å². The maximum Gasteiger partial charge on any atom is 0.151 e. The molecule has 0 radical (unpaired) electrons. The van der Waals surface area contributed by atoms with Gasteiger partial charge in [0, 0.05) is 13.1 Å². The zero-order valence-corrected chi connectivity index (χ0v) is 14.0. The topological polar surface area (TPSA) is 30.5 Å². The first-order valence-electron chi connectivity index (χ1n) is 8.60. The van der Waals surface area contributed by atoms with E-state index < -0.39 is 0 Å². The SMILES string of the molecule is CCCc1ccccc1O[C@@H](c1cccc(F)c1)C1CNCCO1. The lowest BCUT2D eigenvalue weighted by Crippen LogP contribution is -2.43. The van der Waals surface area contributed by atoms with Gasteiger partial charge in [-0.1, -0.05) is 43.7 Å². The molecule has 1 unspecified atom stereocenters. The minimum absolute atomic E-state index is 0.143.